The van der Waals surface area contributed by atoms with E-state index in [2.05, 4.69) is 22.5 Å². The lowest BCUT2D eigenvalue weighted by molar-refractivity contribution is -0.123. The van der Waals surface area contributed by atoms with Gasteiger partial charge >= 0.3 is 0 Å². The lowest BCUT2D eigenvalue weighted by atomic mass is 9.93. The zero-order chi connectivity index (χ0) is 13.5. The van der Waals surface area contributed by atoms with E-state index in [0.29, 0.717) is 18.5 Å². The number of carbonyl (C=O) groups excluding carboxylic acids is 1. The Hall–Kier alpha value is -0.610. The van der Waals surface area contributed by atoms with Gasteiger partial charge in [-0.25, -0.2) is 0 Å². The molecule has 1 aliphatic heterocycles. The monoisotopic (exact) mass is 267 g/mol. The fourth-order valence-electron chi connectivity index (χ4n) is 3.30. The normalized spacial score (nSPS) is 24.7. The van der Waals surface area contributed by atoms with Crippen molar-refractivity contribution in [2.24, 2.45) is 5.92 Å². The zero-order valence-electron chi connectivity index (χ0n) is 12.3. The number of piperazine rings is 1. The predicted octanol–water partition coefficient (Wildman–Crippen LogP) is 1.37. The third-order valence-electron chi connectivity index (χ3n) is 4.57. The van der Waals surface area contributed by atoms with Crippen LogP contribution in [0.25, 0.3) is 0 Å². The van der Waals surface area contributed by atoms with Gasteiger partial charge in [-0.05, 0) is 25.7 Å². The van der Waals surface area contributed by atoms with E-state index in [1.165, 1.54) is 38.5 Å². The van der Waals surface area contributed by atoms with Crippen LogP contribution in [0.3, 0.4) is 0 Å². The van der Waals surface area contributed by atoms with Gasteiger partial charge in [-0.2, -0.15) is 0 Å². The van der Waals surface area contributed by atoms with Gasteiger partial charge in [0.15, 0.2) is 0 Å². The van der Waals surface area contributed by atoms with Crippen molar-refractivity contribution in [2.45, 2.75) is 51.5 Å². The van der Waals surface area contributed by atoms with Crippen LogP contribution >= 0.6 is 0 Å². The summed E-state index contributed by atoms with van der Waals surface area (Å²) in [4.78, 5) is 14.3. The number of carbonyl (C=O) groups is 1. The summed E-state index contributed by atoms with van der Waals surface area (Å²) in [6.45, 7) is 6.75. The van der Waals surface area contributed by atoms with Gasteiger partial charge < -0.3 is 10.6 Å². The molecule has 1 saturated carbocycles. The van der Waals surface area contributed by atoms with Crippen LogP contribution in [0.5, 0.6) is 0 Å². The lowest BCUT2D eigenvalue weighted by Crippen LogP contribution is -2.49. The SMILES string of the molecule is C[C@@H](NC(=O)CN1CCNCC1)C1CCCCCC1. The summed E-state index contributed by atoms with van der Waals surface area (Å²) >= 11 is 0. The highest BCUT2D eigenvalue weighted by molar-refractivity contribution is 5.78. The molecule has 0 aromatic rings. The van der Waals surface area contributed by atoms with Gasteiger partial charge in [0, 0.05) is 32.2 Å². The number of nitrogens with zero attached hydrogens (tertiary/aromatic N) is 1. The first-order chi connectivity index (χ1) is 9.25. The fourth-order valence-corrected chi connectivity index (χ4v) is 3.30. The molecule has 0 aromatic carbocycles. The van der Waals surface area contributed by atoms with Gasteiger partial charge in [0.2, 0.25) is 5.91 Å². The number of hydrogen-bond donors (Lipinski definition) is 2. The Balaban J connectivity index is 1.70. The van der Waals surface area contributed by atoms with E-state index in [1.807, 2.05) is 0 Å². The van der Waals surface area contributed by atoms with Crippen LogP contribution in [0.4, 0.5) is 0 Å². The van der Waals surface area contributed by atoms with E-state index < -0.39 is 0 Å². The second kappa shape index (κ2) is 7.85. The van der Waals surface area contributed by atoms with E-state index in [4.69, 9.17) is 0 Å². The first-order valence-electron chi connectivity index (χ1n) is 7.98. The van der Waals surface area contributed by atoms with Crippen LogP contribution < -0.4 is 10.6 Å². The largest absolute Gasteiger partial charge is 0.352 e. The van der Waals surface area contributed by atoms with Crippen LogP contribution in [-0.4, -0.2) is 49.6 Å². The van der Waals surface area contributed by atoms with E-state index in [9.17, 15) is 4.79 Å². The average Bonchev–Trinajstić information content (AvgIpc) is 2.68. The van der Waals surface area contributed by atoms with E-state index in [1.54, 1.807) is 0 Å². The average molecular weight is 267 g/mol. The van der Waals surface area contributed by atoms with Crippen molar-refractivity contribution in [2.75, 3.05) is 32.7 Å². The highest BCUT2D eigenvalue weighted by atomic mass is 16.2. The topological polar surface area (TPSA) is 44.4 Å². The molecule has 1 aliphatic carbocycles. The molecular formula is C15H29N3O. The molecule has 2 N–H and O–H groups in total. The summed E-state index contributed by atoms with van der Waals surface area (Å²) in [5.41, 5.74) is 0. The second-order valence-electron chi connectivity index (χ2n) is 6.13. The molecule has 1 saturated heterocycles. The van der Waals surface area contributed by atoms with Crippen molar-refractivity contribution in [1.82, 2.24) is 15.5 Å². The number of hydrogen-bond acceptors (Lipinski definition) is 3. The minimum atomic E-state index is 0.207. The van der Waals surface area contributed by atoms with Crippen molar-refractivity contribution in [3.05, 3.63) is 0 Å². The molecule has 0 radical (unpaired) electrons. The Bertz CT molecular complexity index is 269. The second-order valence-corrected chi connectivity index (χ2v) is 6.13. The summed E-state index contributed by atoms with van der Waals surface area (Å²) in [6.07, 6.45) is 7.99. The molecule has 0 bridgehead atoms. The summed E-state index contributed by atoms with van der Waals surface area (Å²) < 4.78 is 0. The summed E-state index contributed by atoms with van der Waals surface area (Å²) in [5.74, 6) is 0.896. The molecule has 4 nitrogen and oxygen atoms in total. The van der Waals surface area contributed by atoms with Crippen LogP contribution in [0, 0.1) is 5.92 Å². The standard InChI is InChI=1S/C15H29N3O/c1-13(14-6-4-2-3-5-7-14)17-15(19)12-18-10-8-16-9-11-18/h13-14,16H,2-12H2,1H3,(H,17,19)/t13-/m1/s1. The number of nitrogens with one attached hydrogen (secondary N) is 2. The fraction of sp³-hybridized carbons (Fsp3) is 0.933. The molecule has 0 aromatic heterocycles. The minimum absolute atomic E-state index is 0.207. The Morgan fingerprint density at radius 2 is 1.84 bits per heavy atom. The summed E-state index contributed by atoms with van der Waals surface area (Å²) in [5, 5.41) is 6.54. The maximum absolute atomic E-state index is 12.1. The van der Waals surface area contributed by atoms with Gasteiger partial charge in [-0.1, -0.05) is 25.7 Å². The first-order valence-corrected chi connectivity index (χ1v) is 7.98. The van der Waals surface area contributed by atoms with Gasteiger partial charge in [0.1, 0.15) is 0 Å². The van der Waals surface area contributed by atoms with E-state index in [-0.39, 0.29) is 5.91 Å². The number of rotatable bonds is 4. The Morgan fingerprint density at radius 3 is 2.47 bits per heavy atom. The van der Waals surface area contributed by atoms with Crippen LogP contribution in [0.1, 0.15) is 45.4 Å². The number of amides is 1. The minimum Gasteiger partial charge on any atom is -0.352 e. The molecular weight excluding hydrogens is 238 g/mol. The molecule has 0 spiro atoms. The van der Waals surface area contributed by atoms with Crippen LogP contribution in [0.15, 0.2) is 0 Å². The molecule has 1 amide bonds. The summed E-state index contributed by atoms with van der Waals surface area (Å²) in [6, 6.07) is 0.341. The first kappa shape index (κ1) is 14.8. The van der Waals surface area contributed by atoms with Gasteiger partial charge in [-0.15, -0.1) is 0 Å². The lowest BCUT2D eigenvalue weighted by Gasteiger charge is -2.28. The van der Waals surface area contributed by atoms with Crippen molar-refractivity contribution >= 4 is 5.91 Å². The molecule has 0 unspecified atom stereocenters. The van der Waals surface area contributed by atoms with Gasteiger partial charge in [0.25, 0.3) is 0 Å². The third kappa shape index (κ3) is 5.11. The van der Waals surface area contributed by atoms with Crippen molar-refractivity contribution in [1.29, 1.82) is 0 Å². The van der Waals surface area contributed by atoms with Crippen molar-refractivity contribution in [3.63, 3.8) is 0 Å². The quantitative estimate of drug-likeness (QED) is 0.756. The summed E-state index contributed by atoms with van der Waals surface area (Å²) in [7, 11) is 0. The van der Waals surface area contributed by atoms with Crippen molar-refractivity contribution < 1.29 is 4.79 Å². The molecule has 2 fully saturated rings. The predicted molar refractivity (Wildman–Crippen MR) is 78.1 cm³/mol. The third-order valence-corrected chi connectivity index (χ3v) is 4.57. The highest BCUT2D eigenvalue weighted by Gasteiger charge is 2.21. The van der Waals surface area contributed by atoms with E-state index >= 15 is 0 Å². The molecule has 2 aliphatic rings. The molecule has 1 atom stereocenters. The maximum Gasteiger partial charge on any atom is 0.234 e. The van der Waals surface area contributed by atoms with Crippen molar-refractivity contribution in [3.8, 4) is 0 Å². The van der Waals surface area contributed by atoms with Gasteiger partial charge in [0.05, 0.1) is 6.54 Å². The molecule has 4 heteroatoms. The molecule has 1 heterocycles. The Morgan fingerprint density at radius 1 is 1.21 bits per heavy atom. The molecule has 19 heavy (non-hydrogen) atoms. The Labute approximate surface area is 117 Å². The van der Waals surface area contributed by atoms with Crippen LogP contribution in [-0.2, 0) is 4.79 Å². The zero-order valence-corrected chi connectivity index (χ0v) is 12.3. The van der Waals surface area contributed by atoms with E-state index in [0.717, 1.165) is 26.2 Å². The molecule has 110 valence electrons. The maximum atomic E-state index is 12.1. The highest BCUT2D eigenvalue weighted by Crippen LogP contribution is 2.25. The Kier molecular flexibility index (Phi) is 6.11. The molecule has 2 rings (SSSR count). The van der Waals surface area contributed by atoms with Gasteiger partial charge in [-0.3, -0.25) is 9.69 Å². The smallest absolute Gasteiger partial charge is 0.234 e. The van der Waals surface area contributed by atoms with Crippen LogP contribution in [0.2, 0.25) is 0 Å².